The Morgan fingerprint density at radius 1 is 1.15 bits per heavy atom. The van der Waals surface area contributed by atoms with Crippen LogP contribution in [0.15, 0.2) is 85.2 Å². The van der Waals surface area contributed by atoms with Crippen LogP contribution in [0.3, 0.4) is 0 Å². The van der Waals surface area contributed by atoms with Crippen molar-refractivity contribution >= 4 is 17.3 Å². The number of anilines is 1. The molecule has 0 fully saturated rings. The third-order valence-corrected chi connectivity index (χ3v) is 5.63. The standard InChI is InChI=1S/C26H24N4O3/c1-32-15-13-26(18-27,20-7-3-2-4-8-20)21-9-11-22(12-10-21)29-25(31)24-16-23(30-33-24)19-6-5-14-28-17-19/h2-12,14,16-17,24,30H,13,15H2,1H3,(H,29,31). The van der Waals surface area contributed by atoms with Gasteiger partial charge in [0.25, 0.3) is 5.91 Å². The molecular weight excluding hydrogens is 416 g/mol. The number of hydrogen-bond donors (Lipinski definition) is 2. The summed E-state index contributed by atoms with van der Waals surface area (Å²) in [5.41, 5.74) is 5.81. The molecule has 1 aromatic heterocycles. The molecule has 0 aliphatic carbocycles. The number of aromatic nitrogens is 1. The first kappa shape index (κ1) is 22.2. The van der Waals surface area contributed by atoms with Crippen molar-refractivity contribution in [1.29, 1.82) is 5.26 Å². The van der Waals surface area contributed by atoms with Crippen LogP contribution in [-0.4, -0.2) is 30.7 Å². The van der Waals surface area contributed by atoms with Gasteiger partial charge in [0.1, 0.15) is 5.41 Å². The van der Waals surface area contributed by atoms with Gasteiger partial charge in [-0.15, -0.1) is 0 Å². The smallest absolute Gasteiger partial charge is 0.260 e. The molecule has 7 heteroatoms. The summed E-state index contributed by atoms with van der Waals surface area (Å²) in [7, 11) is 1.62. The Morgan fingerprint density at radius 2 is 1.91 bits per heavy atom. The predicted octanol–water partition coefficient (Wildman–Crippen LogP) is 3.81. The lowest BCUT2D eigenvalue weighted by atomic mass is 9.73. The summed E-state index contributed by atoms with van der Waals surface area (Å²) < 4.78 is 5.28. The average molecular weight is 441 g/mol. The van der Waals surface area contributed by atoms with Gasteiger partial charge in [-0.25, -0.2) is 0 Å². The van der Waals surface area contributed by atoms with E-state index in [0.29, 0.717) is 24.4 Å². The molecule has 2 atom stereocenters. The van der Waals surface area contributed by atoms with E-state index in [2.05, 4.69) is 21.9 Å². The molecule has 0 saturated heterocycles. The number of carbonyl (C=O) groups excluding carboxylic acids is 1. The van der Waals surface area contributed by atoms with Crippen molar-refractivity contribution in [3.63, 3.8) is 0 Å². The van der Waals surface area contributed by atoms with Crippen LogP contribution in [-0.2, 0) is 19.8 Å². The van der Waals surface area contributed by atoms with Crippen LogP contribution in [0.25, 0.3) is 5.70 Å². The molecule has 1 aliphatic heterocycles. The van der Waals surface area contributed by atoms with Gasteiger partial charge in [0.15, 0.2) is 6.10 Å². The number of pyridine rings is 1. The molecule has 0 saturated carbocycles. The highest BCUT2D eigenvalue weighted by molar-refractivity contribution is 5.97. The molecule has 2 unspecified atom stereocenters. The highest BCUT2D eigenvalue weighted by Gasteiger charge is 2.34. The number of carbonyl (C=O) groups is 1. The van der Waals surface area contributed by atoms with Crippen LogP contribution < -0.4 is 10.8 Å². The van der Waals surface area contributed by atoms with Gasteiger partial charge < -0.3 is 10.1 Å². The number of hydrogen-bond acceptors (Lipinski definition) is 6. The topological polar surface area (TPSA) is 96.3 Å². The zero-order chi connectivity index (χ0) is 23.1. The van der Waals surface area contributed by atoms with Crippen LogP contribution >= 0.6 is 0 Å². The summed E-state index contributed by atoms with van der Waals surface area (Å²) >= 11 is 0. The van der Waals surface area contributed by atoms with Gasteiger partial charge in [-0.2, -0.15) is 5.26 Å². The highest BCUT2D eigenvalue weighted by atomic mass is 16.7. The molecule has 0 spiro atoms. The number of methoxy groups -OCH3 is 1. The number of benzene rings is 2. The molecule has 33 heavy (non-hydrogen) atoms. The minimum absolute atomic E-state index is 0.303. The van der Waals surface area contributed by atoms with E-state index in [9.17, 15) is 10.1 Å². The van der Waals surface area contributed by atoms with Crippen LogP contribution in [0.1, 0.15) is 23.1 Å². The summed E-state index contributed by atoms with van der Waals surface area (Å²) in [6.07, 6.45) is 4.82. The molecule has 0 bridgehead atoms. The SMILES string of the molecule is COCCC(C#N)(c1ccccc1)c1ccc(NC(=O)C2C=C(c3cccnc3)NO2)cc1. The third-order valence-electron chi connectivity index (χ3n) is 5.63. The van der Waals surface area contributed by atoms with Crippen LogP contribution in [0, 0.1) is 11.3 Å². The second-order valence-electron chi connectivity index (χ2n) is 7.66. The van der Waals surface area contributed by atoms with Gasteiger partial charge in [-0.3, -0.25) is 20.1 Å². The predicted molar refractivity (Wildman–Crippen MR) is 125 cm³/mol. The third kappa shape index (κ3) is 4.77. The summed E-state index contributed by atoms with van der Waals surface area (Å²) in [4.78, 5) is 22.2. The number of nitriles is 1. The van der Waals surface area contributed by atoms with Gasteiger partial charge >= 0.3 is 0 Å². The van der Waals surface area contributed by atoms with E-state index in [-0.39, 0.29) is 5.91 Å². The van der Waals surface area contributed by atoms with E-state index in [1.807, 2.05) is 54.6 Å². The number of nitrogens with one attached hydrogen (secondary N) is 2. The van der Waals surface area contributed by atoms with E-state index in [1.54, 1.807) is 37.7 Å². The molecule has 2 N–H and O–H groups in total. The Bertz CT molecular complexity index is 1160. The Kier molecular flexibility index (Phi) is 6.79. The second kappa shape index (κ2) is 10.1. The highest BCUT2D eigenvalue weighted by Crippen LogP contribution is 2.36. The Hall–Kier alpha value is -3.99. The zero-order valence-electron chi connectivity index (χ0n) is 18.2. The normalized spacial score (nSPS) is 16.7. The molecule has 166 valence electrons. The van der Waals surface area contributed by atoms with Crippen molar-refractivity contribution in [3.05, 3.63) is 102 Å². The van der Waals surface area contributed by atoms with Crippen molar-refractivity contribution < 1.29 is 14.4 Å². The van der Waals surface area contributed by atoms with E-state index in [4.69, 9.17) is 9.57 Å². The first-order valence-electron chi connectivity index (χ1n) is 10.6. The molecule has 7 nitrogen and oxygen atoms in total. The van der Waals surface area contributed by atoms with Crippen molar-refractivity contribution in [2.45, 2.75) is 17.9 Å². The monoisotopic (exact) mass is 440 g/mol. The van der Waals surface area contributed by atoms with Crippen molar-refractivity contribution in [2.24, 2.45) is 0 Å². The largest absolute Gasteiger partial charge is 0.385 e. The summed E-state index contributed by atoms with van der Waals surface area (Å²) in [6.45, 7) is 0.443. The van der Waals surface area contributed by atoms with Gasteiger partial charge in [0.2, 0.25) is 0 Å². The van der Waals surface area contributed by atoms with Gasteiger partial charge in [-0.05, 0) is 47.9 Å². The lowest BCUT2D eigenvalue weighted by Crippen LogP contribution is -2.29. The van der Waals surface area contributed by atoms with Gasteiger partial charge in [0.05, 0.1) is 11.8 Å². The fraction of sp³-hybridized carbons (Fsp3) is 0.192. The molecule has 2 heterocycles. The minimum Gasteiger partial charge on any atom is -0.385 e. The maximum Gasteiger partial charge on any atom is 0.260 e. The fourth-order valence-corrected chi connectivity index (χ4v) is 3.82. The summed E-state index contributed by atoms with van der Waals surface area (Å²) in [5, 5.41) is 13.0. The maximum atomic E-state index is 12.7. The van der Waals surface area contributed by atoms with E-state index in [0.717, 1.165) is 16.7 Å². The van der Waals surface area contributed by atoms with Crippen LogP contribution in [0.5, 0.6) is 0 Å². The van der Waals surface area contributed by atoms with Crippen molar-refractivity contribution in [3.8, 4) is 6.07 Å². The van der Waals surface area contributed by atoms with Crippen LogP contribution in [0.4, 0.5) is 5.69 Å². The Labute approximate surface area is 192 Å². The van der Waals surface area contributed by atoms with Crippen LogP contribution in [0.2, 0.25) is 0 Å². The summed E-state index contributed by atoms with van der Waals surface area (Å²) in [5.74, 6) is -0.303. The lowest BCUT2D eigenvalue weighted by Gasteiger charge is -2.28. The Balaban J connectivity index is 1.51. The maximum absolute atomic E-state index is 12.7. The second-order valence-corrected chi connectivity index (χ2v) is 7.66. The quantitative estimate of drug-likeness (QED) is 0.553. The average Bonchev–Trinajstić information content (AvgIpc) is 3.38. The summed E-state index contributed by atoms with van der Waals surface area (Å²) in [6, 6.07) is 23.2. The number of hydroxylamine groups is 1. The fourth-order valence-electron chi connectivity index (χ4n) is 3.82. The number of amides is 1. The molecular formula is C26H24N4O3. The van der Waals surface area contributed by atoms with Gasteiger partial charge in [-0.1, -0.05) is 42.5 Å². The molecule has 4 rings (SSSR count). The molecule has 2 aromatic carbocycles. The lowest BCUT2D eigenvalue weighted by molar-refractivity contribution is -0.125. The molecule has 3 aromatic rings. The first-order chi connectivity index (χ1) is 16.2. The Morgan fingerprint density at radius 3 is 2.58 bits per heavy atom. The minimum atomic E-state index is -0.848. The number of ether oxygens (including phenoxy) is 1. The van der Waals surface area contributed by atoms with Gasteiger partial charge in [0, 0.05) is 37.4 Å². The molecule has 1 amide bonds. The molecule has 0 radical (unpaired) electrons. The van der Waals surface area contributed by atoms with E-state index >= 15 is 0 Å². The molecule has 1 aliphatic rings. The van der Waals surface area contributed by atoms with E-state index in [1.165, 1.54) is 0 Å². The zero-order valence-corrected chi connectivity index (χ0v) is 18.2. The van der Waals surface area contributed by atoms with Crippen molar-refractivity contribution in [2.75, 3.05) is 19.0 Å². The number of rotatable bonds is 8. The number of nitrogens with zero attached hydrogens (tertiary/aromatic N) is 2. The first-order valence-corrected chi connectivity index (χ1v) is 10.6. The van der Waals surface area contributed by atoms with Crippen molar-refractivity contribution in [1.82, 2.24) is 10.5 Å². The van der Waals surface area contributed by atoms with E-state index < -0.39 is 11.5 Å².